The number of carbonyl (C=O) groups excluding carboxylic acids is 1. The van der Waals surface area contributed by atoms with Crippen molar-refractivity contribution in [3.63, 3.8) is 0 Å². The molecule has 0 spiro atoms. The molecule has 2 aromatic carbocycles. The van der Waals surface area contributed by atoms with Gasteiger partial charge in [-0.25, -0.2) is 4.39 Å². The molecule has 0 aromatic heterocycles. The van der Waals surface area contributed by atoms with Gasteiger partial charge in [0.2, 0.25) is 5.91 Å². The minimum atomic E-state index is -0.276. The Bertz CT molecular complexity index is 874. The summed E-state index contributed by atoms with van der Waals surface area (Å²) in [6.07, 6.45) is 6.14. The van der Waals surface area contributed by atoms with Gasteiger partial charge in [-0.15, -0.1) is 0 Å². The second-order valence-corrected chi connectivity index (χ2v) is 7.98. The monoisotopic (exact) mass is 397 g/mol. The molecule has 154 valence electrons. The molecule has 1 fully saturated rings. The average molecular weight is 397 g/mol. The van der Waals surface area contributed by atoms with E-state index < -0.39 is 0 Å². The van der Waals surface area contributed by atoms with E-state index in [9.17, 15) is 9.18 Å². The standard InChI is InChI=1S/C24H28FNO3/c1-28-21-14-18-12-13-26(24(27)17-6-4-3-5-7-17)23(20(18)15-22(21)29-2)16-8-10-19(25)11-9-16/h8-11,14-15,17,23H,3-7,12-13H2,1-2H3/t23-/m1/s1. The van der Waals surface area contributed by atoms with E-state index >= 15 is 0 Å². The number of ether oxygens (including phenoxy) is 2. The van der Waals surface area contributed by atoms with Gasteiger partial charge >= 0.3 is 0 Å². The second-order valence-electron chi connectivity index (χ2n) is 7.98. The highest BCUT2D eigenvalue weighted by Crippen LogP contribution is 2.42. The lowest BCUT2D eigenvalue weighted by Crippen LogP contribution is -2.44. The normalized spacial score (nSPS) is 19.6. The van der Waals surface area contributed by atoms with Crippen molar-refractivity contribution in [1.82, 2.24) is 4.90 Å². The summed E-state index contributed by atoms with van der Waals surface area (Å²) in [4.78, 5) is 15.5. The summed E-state index contributed by atoms with van der Waals surface area (Å²) in [6, 6.07) is 10.2. The van der Waals surface area contributed by atoms with E-state index in [4.69, 9.17) is 9.47 Å². The maximum atomic E-state index is 13.6. The molecule has 1 saturated carbocycles. The summed E-state index contributed by atoms with van der Waals surface area (Å²) < 4.78 is 24.6. The number of rotatable bonds is 4. The Morgan fingerprint density at radius 3 is 2.31 bits per heavy atom. The Morgan fingerprint density at radius 2 is 1.66 bits per heavy atom. The third-order valence-corrected chi connectivity index (χ3v) is 6.30. The Balaban J connectivity index is 1.78. The first-order valence-electron chi connectivity index (χ1n) is 10.4. The first kappa shape index (κ1) is 19.7. The van der Waals surface area contributed by atoms with Crippen molar-refractivity contribution in [3.8, 4) is 11.5 Å². The van der Waals surface area contributed by atoms with Gasteiger partial charge in [-0.2, -0.15) is 0 Å². The van der Waals surface area contributed by atoms with E-state index in [1.165, 1.54) is 18.6 Å². The van der Waals surface area contributed by atoms with Crippen molar-refractivity contribution in [2.75, 3.05) is 20.8 Å². The summed E-state index contributed by atoms with van der Waals surface area (Å²) >= 11 is 0. The van der Waals surface area contributed by atoms with Crippen molar-refractivity contribution in [2.24, 2.45) is 5.92 Å². The van der Waals surface area contributed by atoms with Crippen molar-refractivity contribution >= 4 is 5.91 Å². The predicted molar refractivity (Wildman–Crippen MR) is 110 cm³/mol. The van der Waals surface area contributed by atoms with Crippen LogP contribution in [0.2, 0.25) is 0 Å². The van der Waals surface area contributed by atoms with E-state index in [-0.39, 0.29) is 23.7 Å². The van der Waals surface area contributed by atoms with Gasteiger partial charge in [0.1, 0.15) is 5.82 Å². The molecule has 0 saturated heterocycles. The smallest absolute Gasteiger partial charge is 0.226 e. The van der Waals surface area contributed by atoms with Crippen LogP contribution in [0.25, 0.3) is 0 Å². The highest BCUT2D eigenvalue weighted by atomic mass is 19.1. The number of fused-ring (bicyclic) bond motifs is 1. The highest BCUT2D eigenvalue weighted by Gasteiger charge is 2.36. The Kier molecular flexibility index (Phi) is 5.74. The Labute approximate surface area is 171 Å². The molecule has 5 heteroatoms. The number of hydrogen-bond donors (Lipinski definition) is 0. The number of benzene rings is 2. The van der Waals surface area contributed by atoms with Crippen LogP contribution < -0.4 is 9.47 Å². The van der Waals surface area contributed by atoms with Gasteiger partial charge in [0, 0.05) is 12.5 Å². The molecule has 1 aliphatic carbocycles. The molecule has 29 heavy (non-hydrogen) atoms. The minimum absolute atomic E-state index is 0.0911. The number of methoxy groups -OCH3 is 2. The van der Waals surface area contributed by atoms with E-state index in [2.05, 4.69) is 0 Å². The quantitative estimate of drug-likeness (QED) is 0.737. The van der Waals surface area contributed by atoms with Gasteiger partial charge in [-0.05, 0) is 60.2 Å². The van der Waals surface area contributed by atoms with Gasteiger partial charge in [-0.1, -0.05) is 31.4 Å². The van der Waals surface area contributed by atoms with Gasteiger partial charge in [0.15, 0.2) is 11.5 Å². The number of amides is 1. The summed E-state index contributed by atoms with van der Waals surface area (Å²) in [5.74, 6) is 1.37. The maximum Gasteiger partial charge on any atom is 0.226 e. The van der Waals surface area contributed by atoms with Crippen LogP contribution in [-0.2, 0) is 11.2 Å². The van der Waals surface area contributed by atoms with E-state index in [0.717, 1.165) is 48.8 Å². The van der Waals surface area contributed by atoms with Crippen molar-refractivity contribution in [2.45, 2.75) is 44.6 Å². The molecule has 1 aliphatic heterocycles. The molecule has 1 amide bonds. The van der Waals surface area contributed by atoms with E-state index in [1.54, 1.807) is 26.4 Å². The lowest BCUT2D eigenvalue weighted by atomic mass is 9.84. The molecular weight excluding hydrogens is 369 g/mol. The van der Waals surface area contributed by atoms with Gasteiger partial charge in [-0.3, -0.25) is 4.79 Å². The zero-order valence-electron chi connectivity index (χ0n) is 17.1. The van der Waals surface area contributed by atoms with E-state index in [1.807, 2.05) is 17.0 Å². The molecule has 0 bridgehead atoms. The average Bonchev–Trinajstić information content (AvgIpc) is 2.78. The first-order valence-corrected chi connectivity index (χ1v) is 10.4. The fourth-order valence-electron chi connectivity index (χ4n) is 4.77. The van der Waals surface area contributed by atoms with Crippen LogP contribution in [-0.4, -0.2) is 31.6 Å². The third kappa shape index (κ3) is 3.83. The SMILES string of the molecule is COc1cc2c(cc1OC)[C@@H](c1ccc(F)cc1)N(C(=O)C1CCCCC1)CC2. The number of hydrogen-bond acceptors (Lipinski definition) is 3. The van der Waals surface area contributed by atoms with Crippen LogP contribution in [0.15, 0.2) is 36.4 Å². The Morgan fingerprint density at radius 1 is 1.00 bits per heavy atom. The molecule has 4 nitrogen and oxygen atoms in total. The van der Waals surface area contributed by atoms with Crippen LogP contribution in [0.1, 0.15) is 54.8 Å². The summed E-state index contributed by atoms with van der Waals surface area (Å²) in [5.41, 5.74) is 3.10. The van der Waals surface area contributed by atoms with Crippen molar-refractivity contribution in [3.05, 3.63) is 58.9 Å². The van der Waals surface area contributed by atoms with Crippen LogP contribution in [0.5, 0.6) is 11.5 Å². The van der Waals surface area contributed by atoms with Gasteiger partial charge < -0.3 is 14.4 Å². The van der Waals surface area contributed by atoms with E-state index in [0.29, 0.717) is 18.0 Å². The van der Waals surface area contributed by atoms with Crippen LogP contribution in [0.3, 0.4) is 0 Å². The zero-order chi connectivity index (χ0) is 20.4. The topological polar surface area (TPSA) is 38.8 Å². The zero-order valence-corrected chi connectivity index (χ0v) is 17.1. The largest absolute Gasteiger partial charge is 0.493 e. The maximum absolute atomic E-state index is 13.6. The lowest BCUT2D eigenvalue weighted by Gasteiger charge is -2.40. The molecule has 1 atom stereocenters. The number of carbonyl (C=O) groups is 1. The van der Waals surface area contributed by atoms with Crippen LogP contribution in [0, 0.1) is 11.7 Å². The molecule has 1 heterocycles. The third-order valence-electron chi connectivity index (χ3n) is 6.30. The molecule has 2 aromatic rings. The van der Waals surface area contributed by atoms with Crippen LogP contribution >= 0.6 is 0 Å². The number of halogens is 1. The molecular formula is C24H28FNO3. The van der Waals surface area contributed by atoms with Crippen molar-refractivity contribution < 1.29 is 18.7 Å². The fraction of sp³-hybridized carbons (Fsp3) is 0.458. The number of nitrogens with zero attached hydrogens (tertiary/aromatic N) is 1. The molecule has 0 unspecified atom stereocenters. The Hall–Kier alpha value is -2.56. The minimum Gasteiger partial charge on any atom is -0.493 e. The van der Waals surface area contributed by atoms with Gasteiger partial charge in [0.25, 0.3) is 0 Å². The molecule has 2 aliphatic rings. The first-order chi connectivity index (χ1) is 14.1. The lowest BCUT2D eigenvalue weighted by molar-refractivity contribution is -0.138. The molecule has 0 N–H and O–H groups in total. The molecule has 4 rings (SSSR count). The van der Waals surface area contributed by atoms with Crippen LogP contribution in [0.4, 0.5) is 4.39 Å². The summed E-state index contributed by atoms with van der Waals surface area (Å²) in [6.45, 7) is 0.653. The second kappa shape index (κ2) is 8.44. The molecule has 0 radical (unpaired) electrons. The predicted octanol–water partition coefficient (Wildman–Crippen LogP) is 4.90. The van der Waals surface area contributed by atoms with Gasteiger partial charge in [0.05, 0.1) is 20.3 Å². The summed E-state index contributed by atoms with van der Waals surface area (Å²) in [7, 11) is 3.24. The fourth-order valence-corrected chi connectivity index (χ4v) is 4.77. The summed E-state index contributed by atoms with van der Waals surface area (Å²) in [5, 5.41) is 0. The highest BCUT2D eigenvalue weighted by molar-refractivity contribution is 5.80. The van der Waals surface area contributed by atoms with Crippen molar-refractivity contribution in [1.29, 1.82) is 0 Å².